The van der Waals surface area contributed by atoms with Crippen molar-refractivity contribution >= 4 is 34.0 Å². The van der Waals surface area contributed by atoms with Crippen LogP contribution in [0.1, 0.15) is 22.3 Å². The van der Waals surface area contributed by atoms with Crippen molar-refractivity contribution in [3.8, 4) is 0 Å². The summed E-state index contributed by atoms with van der Waals surface area (Å²) in [5, 5.41) is 13.1. The maximum atomic E-state index is 13.7. The first-order valence-corrected chi connectivity index (χ1v) is 8.56. The molecule has 0 aliphatic rings. The highest BCUT2D eigenvalue weighted by molar-refractivity contribution is 6.08. The third-order valence-corrected chi connectivity index (χ3v) is 4.21. The molecule has 0 unspecified atom stereocenters. The molecular weight excluding hydrogens is 383 g/mol. The van der Waals surface area contributed by atoms with Crippen LogP contribution in [0.25, 0.3) is 10.9 Å². The molecule has 4 rings (SSSR count). The average Bonchev–Trinajstić information content (AvgIpc) is 3.16. The summed E-state index contributed by atoms with van der Waals surface area (Å²) in [5.41, 5.74) is 1.35. The Kier molecular flexibility index (Phi) is 4.86. The van der Waals surface area contributed by atoms with Crippen LogP contribution in [-0.4, -0.2) is 21.1 Å². The van der Waals surface area contributed by atoms with Gasteiger partial charge in [0.05, 0.1) is 17.3 Å². The number of benzene rings is 2. The number of amides is 1. The van der Waals surface area contributed by atoms with Gasteiger partial charge in [-0.3, -0.25) is 9.89 Å². The maximum absolute atomic E-state index is 13.7. The normalized spacial score (nSPS) is 11.0. The number of carbonyl (C=O) groups excluding carboxylic acids is 1. The van der Waals surface area contributed by atoms with Crippen molar-refractivity contribution in [2.45, 2.75) is 6.43 Å². The number of halogens is 3. The van der Waals surface area contributed by atoms with Gasteiger partial charge in [-0.2, -0.15) is 9.49 Å². The monoisotopic (exact) mass is 397 g/mol. The number of H-pyrrole nitrogens is 1. The lowest BCUT2D eigenvalue weighted by Gasteiger charge is -2.12. The van der Waals surface area contributed by atoms with Gasteiger partial charge >= 0.3 is 0 Å². The zero-order chi connectivity index (χ0) is 20.4. The van der Waals surface area contributed by atoms with E-state index in [-0.39, 0.29) is 22.6 Å². The summed E-state index contributed by atoms with van der Waals surface area (Å²) in [7, 11) is 0. The Balaban J connectivity index is 1.62. The Morgan fingerprint density at radius 1 is 1.03 bits per heavy atom. The molecule has 6 nitrogen and oxygen atoms in total. The molecule has 2 heterocycles. The van der Waals surface area contributed by atoms with Crippen molar-refractivity contribution in [2.75, 3.05) is 10.6 Å². The summed E-state index contributed by atoms with van der Waals surface area (Å²) in [6, 6.07) is 12.9. The molecule has 3 N–H and O–H groups in total. The number of anilines is 3. The van der Waals surface area contributed by atoms with Crippen LogP contribution in [0.4, 0.5) is 30.4 Å². The minimum atomic E-state index is -2.66. The molecule has 9 heteroatoms. The number of fused-ring (bicyclic) bond motifs is 1. The zero-order valence-corrected chi connectivity index (χ0v) is 14.8. The molecular formula is C20H14F3N5O. The van der Waals surface area contributed by atoms with Crippen molar-refractivity contribution < 1.29 is 18.0 Å². The minimum Gasteiger partial charge on any atom is -0.339 e. The summed E-state index contributed by atoms with van der Waals surface area (Å²) in [5.74, 6) is -1.40. The van der Waals surface area contributed by atoms with Crippen LogP contribution in [0, 0.1) is 5.95 Å². The summed E-state index contributed by atoms with van der Waals surface area (Å²) in [6.45, 7) is 0. The minimum absolute atomic E-state index is 0.00798. The number of hydrogen-bond donors (Lipinski definition) is 3. The van der Waals surface area contributed by atoms with E-state index in [1.807, 2.05) is 0 Å². The average molecular weight is 397 g/mol. The molecule has 0 fully saturated rings. The van der Waals surface area contributed by atoms with E-state index < -0.39 is 18.3 Å². The van der Waals surface area contributed by atoms with Crippen molar-refractivity contribution in [1.29, 1.82) is 0 Å². The molecule has 0 radical (unpaired) electrons. The van der Waals surface area contributed by atoms with Gasteiger partial charge in [-0.1, -0.05) is 12.1 Å². The quantitative estimate of drug-likeness (QED) is 0.413. The van der Waals surface area contributed by atoms with E-state index in [9.17, 15) is 18.0 Å². The second-order valence-electron chi connectivity index (χ2n) is 6.21. The summed E-state index contributed by atoms with van der Waals surface area (Å²) in [6.07, 6.45) is -1.000. The fourth-order valence-corrected chi connectivity index (χ4v) is 2.82. The number of nitrogens with zero attached hydrogens (tertiary/aromatic N) is 2. The molecule has 0 bridgehead atoms. The molecule has 0 saturated heterocycles. The van der Waals surface area contributed by atoms with Gasteiger partial charge in [-0.05, 0) is 42.5 Å². The highest BCUT2D eigenvalue weighted by atomic mass is 19.3. The third-order valence-electron chi connectivity index (χ3n) is 4.21. The smallest absolute Gasteiger partial charge is 0.263 e. The second-order valence-corrected chi connectivity index (χ2v) is 6.21. The number of hydrogen-bond acceptors (Lipinski definition) is 4. The van der Waals surface area contributed by atoms with E-state index in [1.165, 1.54) is 30.3 Å². The lowest BCUT2D eigenvalue weighted by atomic mass is 10.2. The number of pyridine rings is 1. The molecule has 4 aromatic rings. The first-order chi connectivity index (χ1) is 14.0. The molecule has 146 valence electrons. The van der Waals surface area contributed by atoms with Crippen molar-refractivity contribution in [1.82, 2.24) is 15.2 Å². The molecule has 0 aliphatic heterocycles. The van der Waals surface area contributed by atoms with Crippen LogP contribution in [-0.2, 0) is 0 Å². The Morgan fingerprint density at radius 2 is 1.90 bits per heavy atom. The Bertz CT molecular complexity index is 1190. The summed E-state index contributed by atoms with van der Waals surface area (Å²) in [4.78, 5) is 16.4. The van der Waals surface area contributed by atoms with Gasteiger partial charge in [-0.15, -0.1) is 0 Å². The largest absolute Gasteiger partial charge is 0.339 e. The Labute approximate surface area is 162 Å². The van der Waals surface area contributed by atoms with Crippen LogP contribution in [0.2, 0.25) is 0 Å². The lowest BCUT2D eigenvalue weighted by molar-refractivity contribution is 0.102. The van der Waals surface area contributed by atoms with Gasteiger partial charge in [0, 0.05) is 22.3 Å². The van der Waals surface area contributed by atoms with Crippen LogP contribution in [0.5, 0.6) is 0 Å². The molecule has 2 aromatic carbocycles. The molecule has 0 aliphatic carbocycles. The van der Waals surface area contributed by atoms with Crippen molar-refractivity contribution in [2.24, 2.45) is 0 Å². The van der Waals surface area contributed by atoms with E-state index in [2.05, 4.69) is 25.8 Å². The topological polar surface area (TPSA) is 82.7 Å². The number of aromatic nitrogens is 3. The zero-order valence-electron chi connectivity index (χ0n) is 14.8. The summed E-state index contributed by atoms with van der Waals surface area (Å²) >= 11 is 0. The highest BCUT2D eigenvalue weighted by Crippen LogP contribution is 2.25. The van der Waals surface area contributed by atoms with Crippen LogP contribution in [0.15, 0.2) is 60.8 Å². The number of nitrogens with one attached hydrogen (secondary N) is 3. The van der Waals surface area contributed by atoms with E-state index in [4.69, 9.17) is 0 Å². The SMILES string of the molecule is O=C(Nc1cccc(C(F)F)c1)c1ccc(F)nc1Nc1ccc2cn[nH]c2c1. The molecule has 1 amide bonds. The van der Waals surface area contributed by atoms with E-state index in [0.29, 0.717) is 5.69 Å². The predicted molar refractivity (Wildman–Crippen MR) is 103 cm³/mol. The molecule has 0 spiro atoms. The second kappa shape index (κ2) is 7.63. The number of carbonyl (C=O) groups is 1. The van der Waals surface area contributed by atoms with Gasteiger partial charge in [0.2, 0.25) is 5.95 Å². The fraction of sp³-hybridized carbons (Fsp3) is 0.0500. The van der Waals surface area contributed by atoms with E-state index in [0.717, 1.165) is 17.0 Å². The third kappa shape index (κ3) is 4.03. The van der Waals surface area contributed by atoms with Gasteiger partial charge in [0.1, 0.15) is 5.82 Å². The summed E-state index contributed by atoms with van der Waals surface area (Å²) < 4.78 is 39.4. The van der Waals surface area contributed by atoms with Crippen LogP contribution in [0.3, 0.4) is 0 Å². The van der Waals surface area contributed by atoms with Gasteiger partial charge in [0.15, 0.2) is 0 Å². The van der Waals surface area contributed by atoms with Crippen molar-refractivity contribution in [3.05, 3.63) is 77.9 Å². The molecule has 29 heavy (non-hydrogen) atoms. The van der Waals surface area contributed by atoms with Crippen LogP contribution < -0.4 is 10.6 Å². The van der Waals surface area contributed by atoms with Crippen LogP contribution >= 0.6 is 0 Å². The number of alkyl halides is 2. The number of rotatable bonds is 5. The van der Waals surface area contributed by atoms with Gasteiger partial charge in [-0.25, -0.2) is 13.8 Å². The first kappa shape index (κ1) is 18.5. The molecule has 0 atom stereocenters. The maximum Gasteiger partial charge on any atom is 0.263 e. The first-order valence-electron chi connectivity index (χ1n) is 8.56. The Hall–Kier alpha value is -3.88. The molecule has 0 saturated carbocycles. The van der Waals surface area contributed by atoms with Gasteiger partial charge < -0.3 is 10.6 Å². The molecule has 2 aromatic heterocycles. The fourth-order valence-electron chi connectivity index (χ4n) is 2.82. The standard InChI is InChI=1S/C20H14F3N5O/c21-17-7-6-15(20(29)26-13-3-1-2-11(8-13)18(22)23)19(27-17)25-14-5-4-12-10-24-28-16(12)9-14/h1-10,18H,(H,24,28)(H,25,27)(H,26,29). The Morgan fingerprint density at radius 3 is 2.72 bits per heavy atom. The highest BCUT2D eigenvalue weighted by Gasteiger charge is 2.16. The van der Waals surface area contributed by atoms with E-state index >= 15 is 0 Å². The number of aromatic amines is 1. The van der Waals surface area contributed by atoms with Crippen molar-refractivity contribution in [3.63, 3.8) is 0 Å². The predicted octanol–water partition coefficient (Wildman–Crippen LogP) is 5.03. The lowest BCUT2D eigenvalue weighted by Crippen LogP contribution is -2.15. The van der Waals surface area contributed by atoms with Gasteiger partial charge in [0.25, 0.3) is 12.3 Å². The van der Waals surface area contributed by atoms with E-state index in [1.54, 1.807) is 24.4 Å².